The van der Waals surface area contributed by atoms with Gasteiger partial charge in [0, 0.05) is 23.7 Å². The summed E-state index contributed by atoms with van der Waals surface area (Å²) in [4.78, 5) is 6.78. The molecular weight excluding hydrogens is 176 g/mol. The van der Waals surface area contributed by atoms with Gasteiger partial charge in [-0.15, -0.1) is 0 Å². The fourth-order valence-electron chi connectivity index (χ4n) is 1.13. The maximum Gasteiger partial charge on any atom is 0.106 e. The Morgan fingerprint density at radius 3 is 3.08 bits per heavy atom. The summed E-state index contributed by atoms with van der Waals surface area (Å²) in [5.41, 5.74) is 1.05. The Labute approximate surface area is 77.6 Å². The van der Waals surface area contributed by atoms with E-state index in [0.29, 0.717) is 0 Å². The summed E-state index contributed by atoms with van der Waals surface area (Å²) in [6.07, 6.45) is 2.58. The first-order valence-corrected chi connectivity index (χ1v) is 4.24. The van der Waals surface area contributed by atoms with Gasteiger partial charge in [0.2, 0.25) is 0 Å². The van der Waals surface area contributed by atoms with Crippen molar-refractivity contribution in [2.24, 2.45) is 5.16 Å². The molecule has 0 unspecified atom stereocenters. The van der Waals surface area contributed by atoms with Gasteiger partial charge in [-0.3, -0.25) is 0 Å². The van der Waals surface area contributed by atoms with Crippen LogP contribution in [0.5, 0.6) is 0 Å². The van der Waals surface area contributed by atoms with Crippen LogP contribution >= 0.6 is 11.6 Å². The summed E-state index contributed by atoms with van der Waals surface area (Å²) in [5.74, 6) is 0. The first-order chi connectivity index (χ1) is 5.74. The van der Waals surface area contributed by atoms with Crippen molar-refractivity contribution < 1.29 is 4.84 Å². The maximum atomic E-state index is 5.99. The molecule has 0 spiro atoms. The molecule has 1 aliphatic heterocycles. The van der Waals surface area contributed by atoms with Gasteiger partial charge in [0.05, 0.1) is 6.21 Å². The standard InChI is InChI=1S/C8H13ClN2O/c1-11-4-3-8(9)7(6-11)5-10-12-2/h5H,3-4,6H2,1-2H3. The molecule has 0 aromatic rings. The molecule has 0 aliphatic carbocycles. The lowest BCUT2D eigenvalue weighted by molar-refractivity contribution is 0.215. The smallest absolute Gasteiger partial charge is 0.106 e. The largest absolute Gasteiger partial charge is 0.399 e. The molecule has 0 saturated carbocycles. The third kappa shape index (κ3) is 2.50. The molecule has 68 valence electrons. The van der Waals surface area contributed by atoms with Gasteiger partial charge < -0.3 is 9.74 Å². The summed E-state index contributed by atoms with van der Waals surface area (Å²) in [6.45, 7) is 1.87. The molecule has 0 radical (unpaired) electrons. The zero-order chi connectivity index (χ0) is 8.97. The molecule has 0 bridgehead atoms. The van der Waals surface area contributed by atoms with Crippen molar-refractivity contribution in [3.8, 4) is 0 Å². The third-order valence-corrected chi connectivity index (χ3v) is 2.25. The van der Waals surface area contributed by atoms with E-state index in [-0.39, 0.29) is 0 Å². The lowest BCUT2D eigenvalue weighted by Crippen LogP contribution is -2.27. The van der Waals surface area contributed by atoms with E-state index in [9.17, 15) is 0 Å². The monoisotopic (exact) mass is 188 g/mol. The summed E-state index contributed by atoms with van der Waals surface area (Å²) < 4.78 is 0. The highest BCUT2D eigenvalue weighted by Gasteiger charge is 2.12. The van der Waals surface area contributed by atoms with Crippen LogP contribution in [0.25, 0.3) is 0 Å². The van der Waals surface area contributed by atoms with Crippen LogP contribution < -0.4 is 0 Å². The predicted molar refractivity (Wildman–Crippen MR) is 50.5 cm³/mol. The molecule has 1 aliphatic rings. The molecule has 3 nitrogen and oxygen atoms in total. The lowest BCUT2D eigenvalue weighted by atomic mass is 10.1. The average molecular weight is 189 g/mol. The van der Waals surface area contributed by atoms with Crippen LogP contribution in [0, 0.1) is 0 Å². The van der Waals surface area contributed by atoms with E-state index in [1.54, 1.807) is 6.21 Å². The molecule has 0 atom stereocenters. The predicted octanol–water partition coefficient (Wildman–Crippen LogP) is 1.45. The molecule has 0 saturated heterocycles. The second-order valence-electron chi connectivity index (χ2n) is 2.84. The zero-order valence-electron chi connectivity index (χ0n) is 7.38. The maximum absolute atomic E-state index is 5.99. The Morgan fingerprint density at radius 2 is 2.42 bits per heavy atom. The number of hydrogen-bond acceptors (Lipinski definition) is 3. The van der Waals surface area contributed by atoms with Crippen LogP contribution in [0.15, 0.2) is 15.8 Å². The van der Waals surface area contributed by atoms with Crippen LogP contribution in [-0.4, -0.2) is 38.4 Å². The highest BCUT2D eigenvalue weighted by molar-refractivity contribution is 6.31. The number of halogens is 1. The van der Waals surface area contributed by atoms with Gasteiger partial charge in [-0.25, -0.2) is 0 Å². The molecule has 1 rings (SSSR count). The molecule has 0 fully saturated rings. The van der Waals surface area contributed by atoms with Gasteiger partial charge in [-0.05, 0) is 13.5 Å². The van der Waals surface area contributed by atoms with E-state index < -0.39 is 0 Å². The van der Waals surface area contributed by atoms with Crippen molar-refractivity contribution in [2.75, 3.05) is 27.2 Å². The number of rotatable bonds is 2. The third-order valence-electron chi connectivity index (χ3n) is 1.82. The zero-order valence-corrected chi connectivity index (χ0v) is 8.14. The van der Waals surface area contributed by atoms with Gasteiger partial charge in [0.15, 0.2) is 0 Å². The van der Waals surface area contributed by atoms with E-state index in [1.807, 2.05) is 0 Å². The fourth-order valence-corrected chi connectivity index (χ4v) is 1.33. The van der Waals surface area contributed by atoms with E-state index >= 15 is 0 Å². The Hall–Kier alpha value is -0.540. The molecule has 0 N–H and O–H groups in total. The highest BCUT2D eigenvalue weighted by atomic mass is 35.5. The topological polar surface area (TPSA) is 24.8 Å². The molecule has 0 amide bonds. The van der Waals surface area contributed by atoms with Gasteiger partial charge >= 0.3 is 0 Å². The second-order valence-corrected chi connectivity index (χ2v) is 3.29. The molecular formula is C8H13ClN2O. The Balaban J connectivity index is 2.64. The minimum Gasteiger partial charge on any atom is -0.399 e. The first kappa shape index (κ1) is 9.55. The minimum absolute atomic E-state index is 0.853. The minimum atomic E-state index is 0.853. The summed E-state index contributed by atoms with van der Waals surface area (Å²) in [7, 11) is 3.58. The number of hydrogen-bond donors (Lipinski definition) is 0. The van der Waals surface area contributed by atoms with Crippen molar-refractivity contribution in [1.82, 2.24) is 4.90 Å². The van der Waals surface area contributed by atoms with Gasteiger partial charge in [-0.2, -0.15) is 0 Å². The van der Waals surface area contributed by atoms with Crippen LogP contribution in [-0.2, 0) is 4.84 Å². The molecule has 0 aromatic carbocycles. The van der Waals surface area contributed by atoms with Gasteiger partial charge in [-0.1, -0.05) is 16.8 Å². The molecule has 12 heavy (non-hydrogen) atoms. The number of likely N-dealkylation sites (N-methyl/N-ethyl adjacent to an activating group) is 1. The van der Waals surface area contributed by atoms with Crippen LogP contribution in [0.1, 0.15) is 6.42 Å². The SMILES string of the molecule is CON=CC1=C(Cl)CCN(C)C1. The summed E-state index contributed by atoms with van der Waals surface area (Å²) >= 11 is 5.99. The number of nitrogens with zero attached hydrogens (tertiary/aromatic N) is 2. The molecule has 1 heterocycles. The van der Waals surface area contributed by atoms with Crippen molar-refractivity contribution in [1.29, 1.82) is 0 Å². The quantitative estimate of drug-likeness (QED) is 0.484. The van der Waals surface area contributed by atoms with E-state index in [0.717, 1.165) is 30.1 Å². The Morgan fingerprint density at radius 1 is 1.67 bits per heavy atom. The summed E-state index contributed by atoms with van der Waals surface area (Å²) in [6, 6.07) is 0. The average Bonchev–Trinajstić information content (AvgIpc) is 2.07. The van der Waals surface area contributed by atoms with E-state index in [1.165, 1.54) is 7.11 Å². The van der Waals surface area contributed by atoms with Gasteiger partial charge in [0.1, 0.15) is 7.11 Å². The second kappa shape index (κ2) is 4.48. The van der Waals surface area contributed by atoms with Crippen molar-refractivity contribution >= 4 is 17.8 Å². The van der Waals surface area contributed by atoms with Crippen molar-refractivity contribution in [3.05, 3.63) is 10.6 Å². The van der Waals surface area contributed by atoms with Crippen LogP contribution in [0.4, 0.5) is 0 Å². The van der Waals surface area contributed by atoms with E-state index in [2.05, 4.69) is 21.9 Å². The van der Waals surface area contributed by atoms with Crippen LogP contribution in [0.3, 0.4) is 0 Å². The first-order valence-electron chi connectivity index (χ1n) is 3.86. The van der Waals surface area contributed by atoms with Crippen molar-refractivity contribution in [3.63, 3.8) is 0 Å². The van der Waals surface area contributed by atoms with Gasteiger partial charge in [0.25, 0.3) is 0 Å². The Bertz CT molecular complexity index is 213. The normalized spacial score (nSPS) is 20.6. The fraction of sp³-hybridized carbons (Fsp3) is 0.625. The van der Waals surface area contributed by atoms with Crippen LogP contribution in [0.2, 0.25) is 0 Å². The summed E-state index contributed by atoms with van der Waals surface area (Å²) in [5, 5.41) is 4.58. The highest BCUT2D eigenvalue weighted by Crippen LogP contribution is 2.18. The van der Waals surface area contributed by atoms with Crippen molar-refractivity contribution in [2.45, 2.75) is 6.42 Å². The molecule has 4 heteroatoms. The Kier molecular flexibility index (Phi) is 3.56. The number of oxime groups is 1. The lowest BCUT2D eigenvalue weighted by Gasteiger charge is -2.22. The van der Waals surface area contributed by atoms with E-state index in [4.69, 9.17) is 11.6 Å². The molecule has 0 aromatic heterocycles.